The number of H-pyrrole nitrogens is 1. The number of amides is 1. The van der Waals surface area contributed by atoms with Crippen molar-refractivity contribution in [3.63, 3.8) is 0 Å². The Kier molecular flexibility index (Phi) is 4.72. The van der Waals surface area contributed by atoms with Crippen LogP contribution in [-0.2, 0) is 0 Å². The highest BCUT2D eigenvalue weighted by molar-refractivity contribution is 7.15. The fourth-order valence-corrected chi connectivity index (χ4v) is 3.41. The summed E-state index contributed by atoms with van der Waals surface area (Å²) >= 11 is 1.41. The topological polar surface area (TPSA) is 126 Å². The summed E-state index contributed by atoms with van der Waals surface area (Å²) in [4.78, 5) is 27.4. The smallest absolute Gasteiger partial charge is 0.254 e. The van der Waals surface area contributed by atoms with Gasteiger partial charge in [0, 0.05) is 23.2 Å². The van der Waals surface area contributed by atoms with Gasteiger partial charge in [0.2, 0.25) is 5.56 Å². The quantitative estimate of drug-likeness (QED) is 0.608. The summed E-state index contributed by atoms with van der Waals surface area (Å²) in [7, 11) is 0. The normalized spacial score (nSPS) is 12.1. The number of tetrazole rings is 1. The SMILES string of the molecule is Cc1sc(-n2cnnn2)c(C(=O)NCC(O)c2cccc(=O)[nH]2)c1C. The molecular weight excluding hydrogens is 344 g/mol. The predicted octanol–water partition coefficient (Wildman–Crippen LogP) is 0.492. The number of carbonyl (C=O) groups excluding carboxylic acids is 1. The van der Waals surface area contributed by atoms with Gasteiger partial charge < -0.3 is 15.4 Å². The van der Waals surface area contributed by atoms with E-state index < -0.39 is 6.10 Å². The minimum absolute atomic E-state index is 0.0395. The second-order valence-corrected chi connectivity index (χ2v) is 6.62. The molecule has 3 N–H and O–H groups in total. The second kappa shape index (κ2) is 6.95. The molecule has 1 unspecified atom stereocenters. The summed E-state index contributed by atoms with van der Waals surface area (Å²) < 4.78 is 1.44. The van der Waals surface area contributed by atoms with Crippen molar-refractivity contribution in [2.24, 2.45) is 0 Å². The molecular formula is C15H16N6O3S. The number of aromatic amines is 1. The number of pyridine rings is 1. The Labute approximate surface area is 146 Å². The Balaban J connectivity index is 1.79. The number of aliphatic hydroxyl groups is 1. The monoisotopic (exact) mass is 360 g/mol. The molecule has 3 aromatic heterocycles. The lowest BCUT2D eigenvalue weighted by Gasteiger charge is -2.12. The van der Waals surface area contributed by atoms with Gasteiger partial charge in [0.15, 0.2) is 0 Å². The molecule has 0 aliphatic carbocycles. The van der Waals surface area contributed by atoms with Crippen LogP contribution in [0.5, 0.6) is 0 Å². The maximum Gasteiger partial charge on any atom is 0.254 e. The van der Waals surface area contributed by atoms with Crippen LogP contribution in [0, 0.1) is 13.8 Å². The maximum absolute atomic E-state index is 12.6. The Bertz CT molecular complexity index is 947. The van der Waals surface area contributed by atoms with Crippen LogP contribution in [0.15, 0.2) is 29.3 Å². The van der Waals surface area contributed by atoms with E-state index in [4.69, 9.17) is 0 Å². The van der Waals surface area contributed by atoms with Crippen LogP contribution in [0.1, 0.15) is 32.6 Å². The zero-order chi connectivity index (χ0) is 18.0. The fraction of sp³-hybridized carbons (Fsp3) is 0.267. The number of aliphatic hydroxyl groups excluding tert-OH is 1. The first kappa shape index (κ1) is 17.0. The van der Waals surface area contributed by atoms with Gasteiger partial charge in [0.25, 0.3) is 5.91 Å². The average Bonchev–Trinajstić information content (AvgIpc) is 3.21. The Hall–Kier alpha value is -2.85. The lowest BCUT2D eigenvalue weighted by atomic mass is 10.1. The van der Waals surface area contributed by atoms with E-state index in [0.717, 1.165) is 10.4 Å². The number of aryl methyl sites for hydroxylation is 1. The molecule has 3 rings (SSSR count). The van der Waals surface area contributed by atoms with Crippen molar-refractivity contribution < 1.29 is 9.90 Å². The standard InChI is InChI=1S/C15H16N6O3S/c1-8-9(2)25-15(21-7-17-19-20-21)13(8)14(24)16-6-11(22)10-4-3-5-12(23)18-10/h3-5,7,11,22H,6H2,1-2H3,(H,16,24)(H,18,23). The molecule has 3 heterocycles. The van der Waals surface area contributed by atoms with E-state index in [9.17, 15) is 14.7 Å². The van der Waals surface area contributed by atoms with Gasteiger partial charge in [-0.15, -0.1) is 16.4 Å². The number of aromatic nitrogens is 5. The molecule has 0 aliphatic heterocycles. The molecule has 130 valence electrons. The summed E-state index contributed by atoms with van der Waals surface area (Å²) in [6, 6.07) is 4.48. The van der Waals surface area contributed by atoms with E-state index in [2.05, 4.69) is 25.8 Å². The van der Waals surface area contributed by atoms with E-state index in [1.807, 2.05) is 13.8 Å². The van der Waals surface area contributed by atoms with Gasteiger partial charge in [-0.1, -0.05) is 6.07 Å². The minimum Gasteiger partial charge on any atom is -0.385 e. The van der Waals surface area contributed by atoms with Crippen LogP contribution in [0.2, 0.25) is 0 Å². The van der Waals surface area contributed by atoms with Gasteiger partial charge in [0.05, 0.1) is 5.56 Å². The molecule has 25 heavy (non-hydrogen) atoms. The first-order valence-electron chi connectivity index (χ1n) is 7.46. The van der Waals surface area contributed by atoms with Gasteiger partial charge in [-0.3, -0.25) is 9.59 Å². The molecule has 0 spiro atoms. The molecule has 9 nitrogen and oxygen atoms in total. The van der Waals surface area contributed by atoms with Crippen LogP contribution < -0.4 is 10.9 Å². The van der Waals surface area contributed by atoms with Gasteiger partial charge >= 0.3 is 0 Å². The third-order valence-electron chi connectivity index (χ3n) is 3.76. The van der Waals surface area contributed by atoms with Crippen molar-refractivity contribution >= 4 is 17.2 Å². The second-order valence-electron chi connectivity index (χ2n) is 5.41. The molecule has 0 aromatic carbocycles. The number of hydrogen-bond acceptors (Lipinski definition) is 7. The molecule has 0 radical (unpaired) electrons. The summed E-state index contributed by atoms with van der Waals surface area (Å²) in [5, 5.41) is 24.5. The van der Waals surface area contributed by atoms with Gasteiger partial charge in [-0.05, 0) is 35.9 Å². The fourth-order valence-electron chi connectivity index (χ4n) is 2.34. The summed E-state index contributed by atoms with van der Waals surface area (Å²) in [5.74, 6) is -0.343. The van der Waals surface area contributed by atoms with Crippen molar-refractivity contribution in [1.29, 1.82) is 0 Å². The van der Waals surface area contributed by atoms with Crippen LogP contribution in [-0.4, -0.2) is 42.7 Å². The lowest BCUT2D eigenvalue weighted by Crippen LogP contribution is -2.30. The molecule has 0 saturated carbocycles. The molecule has 1 atom stereocenters. The first-order chi connectivity index (χ1) is 12.0. The van der Waals surface area contributed by atoms with Crippen molar-refractivity contribution in [2.75, 3.05) is 6.54 Å². The minimum atomic E-state index is -1.02. The number of nitrogens with one attached hydrogen (secondary N) is 2. The summed E-state index contributed by atoms with van der Waals surface area (Å²) in [5.41, 5.74) is 1.32. The van der Waals surface area contributed by atoms with E-state index >= 15 is 0 Å². The molecule has 1 amide bonds. The third kappa shape index (κ3) is 3.49. The Morgan fingerprint density at radius 2 is 2.24 bits per heavy atom. The summed E-state index contributed by atoms with van der Waals surface area (Å²) in [6.45, 7) is 3.72. The number of hydrogen-bond donors (Lipinski definition) is 3. The third-order valence-corrected chi connectivity index (χ3v) is 4.95. The summed E-state index contributed by atoms with van der Waals surface area (Å²) in [6.07, 6.45) is 0.403. The molecule has 3 aromatic rings. The van der Waals surface area contributed by atoms with Crippen molar-refractivity contribution in [2.45, 2.75) is 20.0 Å². The van der Waals surface area contributed by atoms with Gasteiger partial charge in [0.1, 0.15) is 17.4 Å². The predicted molar refractivity (Wildman–Crippen MR) is 90.9 cm³/mol. The van der Waals surface area contributed by atoms with Crippen molar-refractivity contribution in [1.82, 2.24) is 30.5 Å². The highest BCUT2D eigenvalue weighted by Gasteiger charge is 2.22. The zero-order valence-electron chi connectivity index (χ0n) is 13.6. The van der Waals surface area contributed by atoms with E-state index in [1.165, 1.54) is 28.4 Å². The molecule has 0 aliphatic rings. The van der Waals surface area contributed by atoms with Crippen LogP contribution in [0.4, 0.5) is 0 Å². The van der Waals surface area contributed by atoms with E-state index in [0.29, 0.717) is 16.3 Å². The largest absolute Gasteiger partial charge is 0.385 e. The van der Waals surface area contributed by atoms with E-state index in [1.54, 1.807) is 12.1 Å². The number of carbonyl (C=O) groups is 1. The van der Waals surface area contributed by atoms with Gasteiger partial charge in [-0.2, -0.15) is 4.68 Å². The lowest BCUT2D eigenvalue weighted by molar-refractivity contribution is 0.0913. The maximum atomic E-state index is 12.6. The average molecular weight is 360 g/mol. The first-order valence-corrected chi connectivity index (χ1v) is 8.28. The van der Waals surface area contributed by atoms with Crippen molar-refractivity contribution in [3.8, 4) is 5.00 Å². The number of nitrogens with zero attached hydrogens (tertiary/aromatic N) is 4. The van der Waals surface area contributed by atoms with Crippen LogP contribution in [0.25, 0.3) is 5.00 Å². The van der Waals surface area contributed by atoms with E-state index in [-0.39, 0.29) is 18.0 Å². The Morgan fingerprint density at radius 3 is 2.92 bits per heavy atom. The molecule has 10 heteroatoms. The molecule has 0 saturated heterocycles. The van der Waals surface area contributed by atoms with Crippen molar-refractivity contribution in [3.05, 3.63) is 56.6 Å². The molecule has 0 bridgehead atoms. The molecule has 0 fully saturated rings. The number of thiophene rings is 1. The Morgan fingerprint density at radius 1 is 1.44 bits per heavy atom. The highest BCUT2D eigenvalue weighted by Crippen LogP contribution is 2.30. The highest BCUT2D eigenvalue weighted by atomic mass is 32.1. The number of rotatable bonds is 5. The van der Waals surface area contributed by atoms with Crippen LogP contribution >= 0.6 is 11.3 Å². The van der Waals surface area contributed by atoms with Crippen LogP contribution in [0.3, 0.4) is 0 Å². The zero-order valence-corrected chi connectivity index (χ0v) is 14.4. The van der Waals surface area contributed by atoms with Gasteiger partial charge in [-0.25, -0.2) is 0 Å².